The van der Waals surface area contributed by atoms with Gasteiger partial charge in [-0.05, 0) is 56.3 Å². The molecule has 0 saturated heterocycles. The first kappa shape index (κ1) is 11.9. The molecule has 0 radical (unpaired) electrons. The van der Waals surface area contributed by atoms with Crippen LogP contribution in [-0.2, 0) is 5.41 Å². The minimum Gasteiger partial charge on any atom is -0.394 e. The number of aromatic nitrogens is 2. The Bertz CT molecular complexity index is 450. The lowest BCUT2D eigenvalue weighted by molar-refractivity contribution is -0.0103. The van der Waals surface area contributed by atoms with E-state index < -0.39 is 6.04 Å². The van der Waals surface area contributed by atoms with Crippen LogP contribution in [0, 0.1) is 17.8 Å². The van der Waals surface area contributed by atoms with Gasteiger partial charge in [-0.15, -0.1) is 0 Å². The van der Waals surface area contributed by atoms with Crippen molar-refractivity contribution in [2.24, 2.45) is 23.5 Å². The van der Waals surface area contributed by atoms with Crippen LogP contribution in [0.25, 0.3) is 0 Å². The van der Waals surface area contributed by atoms with Crippen LogP contribution < -0.4 is 5.73 Å². The normalized spacial score (nSPS) is 41.7. The molecule has 4 fully saturated rings. The van der Waals surface area contributed by atoms with Crippen LogP contribution in [-0.4, -0.2) is 21.9 Å². The van der Waals surface area contributed by atoms with Crippen molar-refractivity contribution >= 4 is 0 Å². The SMILES string of the molecule is N[C@H](CO)c1nc(C23CC4CC(CC(C4)C2)C3)no1. The third-order valence-electron chi connectivity index (χ3n) is 5.47. The fourth-order valence-corrected chi connectivity index (χ4v) is 5.06. The summed E-state index contributed by atoms with van der Waals surface area (Å²) in [4.78, 5) is 4.51. The average Bonchev–Trinajstić information content (AvgIpc) is 2.86. The zero-order chi connectivity index (χ0) is 13.0. The molecule has 0 spiro atoms. The molecule has 4 saturated carbocycles. The Hall–Kier alpha value is -0.940. The number of nitrogens with two attached hydrogens (primary N) is 1. The molecular formula is C14H21N3O2. The number of rotatable bonds is 3. The summed E-state index contributed by atoms with van der Waals surface area (Å²) in [5.74, 6) is 3.82. The Morgan fingerprint density at radius 2 is 1.79 bits per heavy atom. The predicted octanol–water partition coefficient (Wildman–Crippen LogP) is 1.53. The summed E-state index contributed by atoms with van der Waals surface area (Å²) in [6.45, 7) is -0.150. The Morgan fingerprint density at radius 1 is 1.21 bits per heavy atom. The highest BCUT2D eigenvalue weighted by Gasteiger charge is 2.53. The van der Waals surface area contributed by atoms with Gasteiger partial charge < -0.3 is 15.4 Å². The van der Waals surface area contributed by atoms with Gasteiger partial charge in [-0.1, -0.05) is 5.16 Å². The van der Waals surface area contributed by atoms with Gasteiger partial charge in [-0.25, -0.2) is 0 Å². The average molecular weight is 263 g/mol. The lowest BCUT2D eigenvalue weighted by Crippen LogP contribution is -2.49. The smallest absolute Gasteiger partial charge is 0.245 e. The summed E-state index contributed by atoms with van der Waals surface area (Å²) >= 11 is 0. The van der Waals surface area contributed by atoms with Crippen molar-refractivity contribution in [2.75, 3.05) is 6.61 Å². The summed E-state index contributed by atoms with van der Waals surface area (Å²) in [6.07, 6.45) is 7.85. The molecule has 0 aliphatic heterocycles. The van der Waals surface area contributed by atoms with E-state index in [1.165, 1.54) is 38.5 Å². The first-order valence-electron chi connectivity index (χ1n) is 7.39. The van der Waals surface area contributed by atoms with Crippen LogP contribution in [0.1, 0.15) is 56.3 Å². The van der Waals surface area contributed by atoms with Gasteiger partial charge >= 0.3 is 0 Å². The van der Waals surface area contributed by atoms with E-state index in [-0.39, 0.29) is 12.0 Å². The third-order valence-corrected chi connectivity index (χ3v) is 5.47. The van der Waals surface area contributed by atoms with E-state index in [2.05, 4.69) is 10.1 Å². The van der Waals surface area contributed by atoms with Gasteiger partial charge in [0, 0.05) is 5.41 Å². The standard InChI is InChI=1S/C14H21N3O2/c15-11(7-18)12-16-13(17-19-12)14-4-8-1-9(5-14)3-10(2-8)6-14/h8-11,18H,1-7,15H2/t8?,9?,10?,11-,14?/m1/s1. The molecule has 5 heteroatoms. The van der Waals surface area contributed by atoms with E-state index in [1.807, 2.05) is 0 Å². The number of aliphatic hydroxyl groups is 1. The van der Waals surface area contributed by atoms with Crippen molar-refractivity contribution in [3.63, 3.8) is 0 Å². The van der Waals surface area contributed by atoms with E-state index >= 15 is 0 Å². The molecule has 5 rings (SSSR count). The highest BCUT2D eigenvalue weighted by Crippen LogP contribution is 2.60. The first-order valence-corrected chi connectivity index (χ1v) is 7.39. The van der Waals surface area contributed by atoms with Crippen molar-refractivity contribution in [3.05, 3.63) is 11.7 Å². The minimum atomic E-state index is -0.546. The Labute approximate surface area is 112 Å². The summed E-state index contributed by atoms with van der Waals surface area (Å²) < 4.78 is 5.26. The van der Waals surface area contributed by atoms with Crippen LogP contribution in [0.2, 0.25) is 0 Å². The molecule has 4 bridgehead atoms. The summed E-state index contributed by atoms with van der Waals surface area (Å²) in [5, 5.41) is 13.3. The van der Waals surface area contributed by atoms with Gasteiger partial charge in [0.2, 0.25) is 5.89 Å². The molecule has 19 heavy (non-hydrogen) atoms. The van der Waals surface area contributed by atoms with E-state index in [4.69, 9.17) is 15.4 Å². The van der Waals surface area contributed by atoms with E-state index in [0.717, 1.165) is 23.6 Å². The Morgan fingerprint density at radius 3 is 2.32 bits per heavy atom. The zero-order valence-corrected chi connectivity index (χ0v) is 11.1. The highest BCUT2D eigenvalue weighted by atomic mass is 16.5. The van der Waals surface area contributed by atoms with Crippen molar-refractivity contribution < 1.29 is 9.63 Å². The van der Waals surface area contributed by atoms with Gasteiger partial charge in [0.15, 0.2) is 5.82 Å². The molecule has 4 aliphatic rings. The predicted molar refractivity (Wildman–Crippen MR) is 68.2 cm³/mol. The largest absolute Gasteiger partial charge is 0.394 e. The molecule has 0 aromatic carbocycles. The van der Waals surface area contributed by atoms with E-state index in [9.17, 15) is 0 Å². The number of aliphatic hydroxyl groups excluding tert-OH is 1. The topological polar surface area (TPSA) is 85.2 Å². The quantitative estimate of drug-likeness (QED) is 0.863. The van der Waals surface area contributed by atoms with Crippen LogP contribution >= 0.6 is 0 Å². The van der Waals surface area contributed by atoms with Crippen molar-refractivity contribution in [1.29, 1.82) is 0 Å². The van der Waals surface area contributed by atoms with Crippen LogP contribution in [0.5, 0.6) is 0 Å². The lowest BCUT2D eigenvalue weighted by Gasteiger charge is -2.55. The molecule has 0 amide bonds. The summed E-state index contributed by atoms with van der Waals surface area (Å²) in [6, 6.07) is -0.546. The van der Waals surface area contributed by atoms with E-state index in [1.54, 1.807) is 0 Å². The van der Waals surface area contributed by atoms with Crippen molar-refractivity contribution in [3.8, 4) is 0 Å². The second-order valence-corrected chi connectivity index (χ2v) is 6.94. The zero-order valence-electron chi connectivity index (χ0n) is 11.1. The first-order chi connectivity index (χ1) is 9.18. The Balaban J connectivity index is 1.66. The monoisotopic (exact) mass is 263 g/mol. The Kier molecular flexibility index (Phi) is 2.51. The van der Waals surface area contributed by atoms with Crippen molar-refractivity contribution in [1.82, 2.24) is 10.1 Å². The number of nitrogens with zero attached hydrogens (tertiary/aromatic N) is 2. The van der Waals surface area contributed by atoms with Gasteiger partial charge in [0.1, 0.15) is 6.04 Å². The third kappa shape index (κ3) is 1.75. The highest BCUT2D eigenvalue weighted by molar-refractivity contribution is 5.16. The van der Waals surface area contributed by atoms with Gasteiger partial charge in [0.05, 0.1) is 6.61 Å². The molecule has 4 aliphatic carbocycles. The fraction of sp³-hybridized carbons (Fsp3) is 0.857. The van der Waals surface area contributed by atoms with Crippen LogP contribution in [0.15, 0.2) is 4.52 Å². The maximum absolute atomic E-state index is 9.08. The maximum atomic E-state index is 9.08. The van der Waals surface area contributed by atoms with Crippen molar-refractivity contribution in [2.45, 2.75) is 50.0 Å². The molecule has 0 unspecified atom stereocenters. The maximum Gasteiger partial charge on any atom is 0.245 e. The van der Waals surface area contributed by atoms with Gasteiger partial charge in [-0.2, -0.15) is 4.98 Å². The molecule has 3 N–H and O–H groups in total. The second kappa shape index (κ2) is 4.03. The van der Waals surface area contributed by atoms with Gasteiger partial charge in [0.25, 0.3) is 0 Å². The molecule has 1 aromatic rings. The number of hydrogen-bond acceptors (Lipinski definition) is 5. The van der Waals surface area contributed by atoms with Crippen LogP contribution in [0.4, 0.5) is 0 Å². The van der Waals surface area contributed by atoms with Crippen LogP contribution in [0.3, 0.4) is 0 Å². The van der Waals surface area contributed by atoms with Gasteiger partial charge in [-0.3, -0.25) is 0 Å². The lowest BCUT2D eigenvalue weighted by atomic mass is 9.49. The minimum absolute atomic E-state index is 0.145. The molecule has 104 valence electrons. The molecular weight excluding hydrogens is 242 g/mol. The summed E-state index contributed by atoms with van der Waals surface area (Å²) in [7, 11) is 0. The molecule has 1 atom stereocenters. The molecule has 1 aromatic heterocycles. The summed E-state index contributed by atoms with van der Waals surface area (Å²) in [5.41, 5.74) is 5.90. The fourth-order valence-electron chi connectivity index (χ4n) is 5.06. The number of hydrogen-bond donors (Lipinski definition) is 2. The molecule has 5 nitrogen and oxygen atoms in total. The van der Waals surface area contributed by atoms with E-state index in [0.29, 0.717) is 5.89 Å². The second-order valence-electron chi connectivity index (χ2n) is 6.94. The molecule has 1 heterocycles.